The van der Waals surface area contributed by atoms with E-state index < -0.39 is 32.8 Å². The average molecular weight is 568 g/mol. The first-order valence-corrected chi connectivity index (χ1v) is 13.6. The maximum Gasteiger partial charge on any atom is 0.255 e. The standard InChI is InChI=1S/C28H20ClF2N3O4S/c1-16-9-17(3-6-22(16)29)21-11-26(38-2)25(12-23(21)31)34-24-7-5-20(10-18(24)4-8-28(34)35)39(36,37)15-27-32-13-19(30)14-33-27/h3-14H,15H2,1-2H3. The second kappa shape index (κ2) is 10.2. The number of halogens is 3. The summed E-state index contributed by atoms with van der Waals surface area (Å²) < 4.78 is 61.3. The van der Waals surface area contributed by atoms with E-state index in [9.17, 15) is 17.6 Å². The summed E-state index contributed by atoms with van der Waals surface area (Å²) in [6.07, 6.45) is 1.78. The first-order valence-electron chi connectivity index (χ1n) is 11.6. The third kappa shape index (κ3) is 5.13. The van der Waals surface area contributed by atoms with E-state index in [1.165, 1.54) is 54.1 Å². The molecule has 0 radical (unpaired) electrons. The molecule has 11 heteroatoms. The van der Waals surface area contributed by atoms with Gasteiger partial charge in [-0.3, -0.25) is 9.36 Å². The molecule has 2 aromatic heterocycles. The second-order valence-electron chi connectivity index (χ2n) is 8.77. The predicted molar refractivity (Wildman–Crippen MR) is 144 cm³/mol. The molecule has 5 aromatic rings. The van der Waals surface area contributed by atoms with Crippen molar-refractivity contribution in [3.63, 3.8) is 0 Å². The number of aromatic nitrogens is 3. The van der Waals surface area contributed by atoms with E-state index in [1.54, 1.807) is 18.2 Å². The molecule has 0 bridgehead atoms. The lowest BCUT2D eigenvalue weighted by molar-refractivity contribution is 0.412. The van der Waals surface area contributed by atoms with Crippen molar-refractivity contribution in [2.24, 2.45) is 0 Å². The van der Waals surface area contributed by atoms with Gasteiger partial charge in [0.15, 0.2) is 15.7 Å². The van der Waals surface area contributed by atoms with Crippen LogP contribution in [0, 0.1) is 18.6 Å². The minimum Gasteiger partial charge on any atom is -0.495 e. The van der Waals surface area contributed by atoms with E-state index in [1.807, 2.05) is 6.92 Å². The number of aryl methyl sites for hydroxylation is 1. The minimum atomic E-state index is -3.90. The van der Waals surface area contributed by atoms with Gasteiger partial charge < -0.3 is 4.74 Å². The largest absolute Gasteiger partial charge is 0.495 e. The highest BCUT2D eigenvalue weighted by molar-refractivity contribution is 7.90. The zero-order valence-electron chi connectivity index (χ0n) is 20.7. The van der Waals surface area contributed by atoms with Crippen molar-refractivity contribution in [3.8, 4) is 22.6 Å². The van der Waals surface area contributed by atoms with Crippen molar-refractivity contribution >= 4 is 32.3 Å². The Morgan fingerprint density at radius 1 is 0.974 bits per heavy atom. The van der Waals surface area contributed by atoms with Crippen LogP contribution in [0.3, 0.4) is 0 Å². The molecule has 0 saturated carbocycles. The van der Waals surface area contributed by atoms with Crippen LogP contribution in [0.4, 0.5) is 8.78 Å². The molecule has 0 fully saturated rings. The first-order chi connectivity index (χ1) is 18.6. The van der Waals surface area contributed by atoms with Gasteiger partial charge in [0, 0.05) is 28.1 Å². The fraction of sp³-hybridized carbons (Fsp3) is 0.107. The topological polar surface area (TPSA) is 91.2 Å². The zero-order chi connectivity index (χ0) is 27.9. The molecule has 3 aromatic carbocycles. The maximum absolute atomic E-state index is 15.4. The van der Waals surface area contributed by atoms with Crippen LogP contribution in [0.15, 0.2) is 82.7 Å². The van der Waals surface area contributed by atoms with Gasteiger partial charge in [0.05, 0.1) is 35.6 Å². The van der Waals surface area contributed by atoms with Gasteiger partial charge in [-0.2, -0.15) is 0 Å². The van der Waals surface area contributed by atoms with Gasteiger partial charge in [-0.25, -0.2) is 27.2 Å². The Morgan fingerprint density at radius 2 is 1.72 bits per heavy atom. The maximum atomic E-state index is 15.4. The molecule has 5 rings (SSSR count). The van der Waals surface area contributed by atoms with E-state index in [-0.39, 0.29) is 27.7 Å². The summed E-state index contributed by atoms with van der Waals surface area (Å²) in [7, 11) is -2.49. The van der Waals surface area contributed by atoms with E-state index in [2.05, 4.69) is 9.97 Å². The van der Waals surface area contributed by atoms with Gasteiger partial charge in [-0.1, -0.05) is 17.7 Å². The number of hydrogen-bond acceptors (Lipinski definition) is 6. The molecule has 0 amide bonds. The van der Waals surface area contributed by atoms with Crippen molar-refractivity contribution in [2.75, 3.05) is 7.11 Å². The molecular weight excluding hydrogens is 548 g/mol. The van der Waals surface area contributed by atoms with Gasteiger partial charge in [0.25, 0.3) is 5.56 Å². The quantitative estimate of drug-likeness (QED) is 0.262. The van der Waals surface area contributed by atoms with Crippen LogP contribution in [0.2, 0.25) is 5.02 Å². The summed E-state index contributed by atoms with van der Waals surface area (Å²) >= 11 is 6.12. The summed E-state index contributed by atoms with van der Waals surface area (Å²) in [5.74, 6) is -1.63. The number of sulfone groups is 1. The molecule has 0 aliphatic heterocycles. The lowest BCUT2D eigenvalue weighted by Crippen LogP contribution is -2.18. The van der Waals surface area contributed by atoms with Crippen LogP contribution in [0.5, 0.6) is 5.75 Å². The molecule has 0 aliphatic rings. The minimum absolute atomic E-state index is 0.0419. The van der Waals surface area contributed by atoms with Crippen molar-refractivity contribution in [1.82, 2.24) is 14.5 Å². The summed E-state index contributed by atoms with van der Waals surface area (Å²) in [4.78, 5) is 20.4. The van der Waals surface area contributed by atoms with E-state index in [4.69, 9.17) is 16.3 Å². The molecule has 0 spiro atoms. The lowest BCUT2D eigenvalue weighted by atomic mass is 10.0. The molecule has 0 N–H and O–H groups in total. The van der Waals surface area contributed by atoms with E-state index in [0.29, 0.717) is 21.5 Å². The van der Waals surface area contributed by atoms with Crippen molar-refractivity contribution in [2.45, 2.75) is 17.6 Å². The van der Waals surface area contributed by atoms with Crippen molar-refractivity contribution < 1.29 is 21.9 Å². The molecule has 39 heavy (non-hydrogen) atoms. The Labute approximate surface area is 227 Å². The third-order valence-electron chi connectivity index (χ3n) is 6.20. The first kappa shape index (κ1) is 26.5. The number of ether oxygens (including phenoxy) is 1. The zero-order valence-corrected chi connectivity index (χ0v) is 22.2. The SMILES string of the molecule is COc1cc(-c2ccc(Cl)c(C)c2)c(F)cc1-n1c(=O)ccc2cc(S(=O)(=O)Cc3ncc(F)cn3)ccc21. The molecule has 198 valence electrons. The Morgan fingerprint density at radius 3 is 2.41 bits per heavy atom. The average Bonchev–Trinajstić information content (AvgIpc) is 2.91. The van der Waals surface area contributed by atoms with Gasteiger partial charge in [-0.15, -0.1) is 0 Å². The smallest absolute Gasteiger partial charge is 0.255 e. The number of benzene rings is 3. The number of pyridine rings is 1. The summed E-state index contributed by atoms with van der Waals surface area (Å²) in [6, 6.07) is 14.8. The van der Waals surface area contributed by atoms with Gasteiger partial charge in [0.2, 0.25) is 0 Å². The fourth-order valence-corrected chi connectivity index (χ4v) is 5.60. The number of methoxy groups -OCH3 is 1. The molecule has 0 atom stereocenters. The van der Waals surface area contributed by atoms with Gasteiger partial charge in [0.1, 0.15) is 23.1 Å². The van der Waals surface area contributed by atoms with Crippen LogP contribution >= 0.6 is 11.6 Å². The molecule has 7 nitrogen and oxygen atoms in total. The van der Waals surface area contributed by atoms with Crippen LogP contribution in [-0.2, 0) is 15.6 Å². The third-order valence-corrected chi connectivity index (χ3v) is 8.23. The lowest BCUT2D eigenvalue weighted by Gasteiger charge is -2.17. The number of fused-ring (bicyclic) bond motifs is 1. The highest BCUT2D eigenvalue weighted by Crippen LogP contribution is 2.35. The normalized spacial score (nSPS) is 11.6. The Hall–Kier alpha value is -4.15. The monoisotopic (exact) mass is 567 g/mol. The Balaban J connectivity index is 1.61. The Bertz CT molecular complexity index is 1910. The highest BCUT2D eigenvalue weighted by Gasteiger charge is 2.20. The second-order valence-corrected chi connectivity index (χ2v) is 11.2. The number of nitrogens with zero attached hydrogens (tertiary/aromatic N) is 3. The van der Waals surface area contributed by atoms with Crippen LogP contribution in [-0.4, -0.2) is 30.1 Å². The van der Waals surface area contributed by atoms with E-state index in [0.717, 1.165) is 18.0 Å². The molecule has 0 saturated heterocycles. The fourth-order valence-electron chi connectivity index (χ4n) is 4.25. The number of hydrogen-bond donors (Lipinski definition) is 0. The summed E-state index contributed by atoms with van der Waals surface area (Å²) in [6.45, 7) is 1.81. The molecule has 0 unspecified atom stereocenters. The predicted octanol–water partition coefficient (Wildman–Crippen LogP) is 5.67. The van der Waals surface area contributed by atoms with Crippen LogP contribution in [0.25, 0.3) is 27.7 Å². The molecular formula is C28H20ClF2N3O4S. The van der Waals surface area contributed by atoms with Crippen LogP contribution < -0.4 is 10.3 Å². The summed E-state index contributed by atoms with van der Waals surface area (Å²) in [5.41, 5.74) is 1.65. The molecule has 0 aliphatic carbocycles. The Kier molecular flexibility index (Phi) is 6.92. The highest BCUT2D eigenvalue weighted by atomic mass is 35.5. The summed E-state index contributed by atoms with van der Waals surface area (Å²) in [5, 5.41) is 0.965. The van der Waals surface area contributed by atoms with E-state index >= 15 is 4.39 Å². The van der Waals surface area contributed by atoms with Gasteiger partial charge >= 0.3 is 0 Å². The van der Waals surface area contributed by atoms with Crippen LogP contribution in [0.1, 0.15) is 11.4 Å². The van der Waals surface area contributed by atoms with Gasteiger partial charge in [-0.05, 0) is 60.5 Å². The van der Waals surface area contributed by atoms with Crippen molar-refractivity contribution in [3.05, 3.63) is 111 Å². The molecule has 2 heterocycles. The number of rotatable bonds is 6. The van der Waals surface area contributed by atoms with Crippen molar-refractivity contribution in [1.29, 1.82) is 0 Å².